The van der Waals surface area contributed by atoms with Crippen molar-refractivity contribution in [3.63, 3.8) is 0 Å². The quantitative estimate of drug-likeness (QED) is 0.0498. The summed E-state index contributed by atoms with van der Waals surface area (Å²) in [6, 6.07) is -0.0441. The summed E-state index contributed by atoms with van der Waals surface area (Å²) in [5, 5.41) is 0. The Morgan fingerprint density at radius 2 is 1.09 bits per heavy atom. The van der Waals surface area contributed by atoms with Gasteiger partial charge in [-0.15, -0.1) is 0 Å². The molecule has 0 N–H and O–H groups in total. The highest BCUT2D eigenvalue weighted by Gasteiger charge is 2.65. The summed E-state index contributed by atoms with van der Waals surface area (Å²) in [7, 11) is 0. The number of amides is 2. The smallest absolute Gasteiger partial charge is 0.333 e. The van der Waals surface area contributed by atoms with E-state index >= 15 is 0 Å². The number of fused-ring (bicyclic) bond motifs is 1. The van der Waals surface area contributed by atoms with Crippen LogP contribution in [-0.4, -0.2) is 138 Å². The highest BCUT2D eigenvalue weighted by Crippen LogP contribution is 2.59. The molecular weight excluding hydrogens is 1100 g/mol. The van der Waals surface area contributed by atoms with Crippen molar-refractivity contribution in [2.24, 2.45) is 40.4 Å². The number of imide groups is 1. The predicted molar refractivity (Wildman–Crippen MR) is 353 cm³/mol. The molecule has 0 aromatic rings. The first-order valence-electron chi connectivity index (χ1n) is 32.5. The van der Waals surface area contributed by atoms with Gasteiger partial charge in [0.15, 0.2) is 0 Å². The van der Waals surface area contributed by atoms with E-state index in [1.54, 1.807) is 34.6 Å². The van der Waals surface area contributed by atoms with E-state index in [0.717, 1.165) is 50.8 Å². The summed E-state index contributed by atoms with van der Waals surface area (Å²) in [6.07, 6.45) is 7.01. The van der Waals surface area contributed by atoms with E-state index in [1.807, 2.05) is 55.4 Å². The van der Waals surface area contributed by atoms with Gasteiger partial charge in [0.05, 0.1) is 98.3 Å². The van der Waals surface area contributed by atoms with Crippen LogP contribution in [0.1, 0.15) is 240 Å². The average Bonchev–Trinajstić information content (AvgIpc) is 1.61. The zero-order valence-electron chi connectivity index (χ0n) is 61.3. The van der Waals surface area contributed by atoms with Crippen molar-refractivity contribution in [2.45, 2.75) is 310 Å². The van der Waals surface area contributed by atoms with Crippen LogP contribution in [0, 0.1) is 40.4 Å². The lowest BCUT2D eigenvalue weighted by atomic mass is 9.72. The third kappa shape index (κ3) is 26.7. The van der Waals surface area contributed by atoms with Gasteiger partial charge in [-0.2, -0.15) is 0 Å². The Labute approximate surface area is 531 Å². The van der Waals surface area contributed by atoms with Crippen molar-refractivity contribution in [1.82, 2.24) is 4.90 Å². The number of hydrogen-bond acceptors (Lipinski definition) is 14. The fourth-order valence-corrected chi connectivity index (χ4v) is 9.43. The normalized spacial score (nSPS) is 27.7. The van der Waals surface area contributed by atoms with E-state index in [-0.39, 0.29) is 81.7 Å². The average molecular weight is 1230 g/mol. The zero-order chi connectivity index (χ0) is 68.4. The van der Waals surface area contributed by atoms with Crippen molar-refractivity contribution >= 4 is 23.8 Å². The van der Waals surface area contributed by atoms with Gasteiger partial charge in [0, 0.05) is 45.6 Å². The second-order valence-corrected chi connectivity index (χ2v) is 30.3. The molecule has 15 heteroatoms. The van der Waals surface area contributed by atoms with E-state index < -0.39 is 0 Å². The molecule has 0 aromatic carbocycles. The van der Waals surface area contributed by atoms with E-state index in [2.05, 4.69) is 144 Å². The van der Waals surface area contributed by atoms with Crippen molar-refractivity contribution in [2.75, 3.05) is 39.6 Å². The highest BCUT2D eigenvalue weighted by atomic mass is 16.7. The Bertz CT molecular complexity index is 2190. The standard InChI is InChI=1S/C11H20O.C9H13NO2.C9H18O2.C8H16O2.C8H12O2.C8H16O.C7H12O2.C7H14O.C5H10O/c1-8(2)9-5-6-10(3)11(4,7-9)12-10;1-5(2)10-8(11)6(3)7(4)9(10)12;1-7(2)10-6-9(5)8(3,4)11-9;1-7(2)10-6-8(3)4-9-5-8;1-5(2)7-4-6(3)8(9)10-7;1-6(2)8(5)7(3,4)9-8;1-5(2)7(8)9-6(3)4;1-6(2)7(3)4-8-5-7;1-4-6-5(2)3/h8-9H,5-7H2,1-4H3;5H,1-4H3;7H,6H2,1-5H3;7H,4-6H2,1-3H3;5,7H,3-4H2,1-2H3;6H,1-5H3;6H,1H2,2-4H3;6H,4-5H2,1-3H3;4-5H,1H2,2-3H3. The van der Waals surface area contributed by atoms with Crippen LogP contribution in [0.4, 0.5) is 0 Å². The van der Waals surface area contributed by atoms with Gasteiger partial charge < -0.3 is 47.4 Å². The Kier molecular flexibility index (Phi) is 33.5. The Morgan fingerprint density at radius 1 is 0.632 bits per heavy atom. The molecule has 7 fully saturated rings. The SMILES string of the molecule is C=C(C)C(=O)OC(C)C.C=C1CC(C(C)C)OC1=O.C=COC(C)C.CC(C)C1(C)COC1.CC(C)C1(C)OC1(C)C.CC(C)C1CCC2(C)OC2(C)C1.CC(C)OCC1(C)COC1.CC(C)OCC1(C)OC1(C)C.CC1=C(C)C(=O)N(C(C)C)C1=O. The van der Waals surface area contributed by atoms with Crippen LogP contribution in [0.5, 0.6) is 0 Å². The lowest BCUT2D eigenvalue weighted by Gasteiger charge is -2.41. The van der Waals surface area contributed by atoms with Gasteiger partial charge in [-0.3, -0.25) is 14.5 Å². The third-order valence-electron chi connectivity index (χ3n) is 18.1. The topological polar surface area (TPSA) is 174 Å². The van der Waals surface area contributed by atoms with Gasteiger partial charge in [0.2, 0.25) is 0 Å². The number of epoxide rings is 3. The molecule has 87 heavy (non-hydrogen) atoms. The fourth-order valence-electron chi connectivity index (χ4n) is 9.43. The van der Waals surface area contributed by atoms with Gasteiger partial charge >= 0.3 is 11.9 Å². The first-order chi connectivity index (χ1) is 39.4. The summed E-state index contributed by atoms with van der Waals surface area (Å²) in [5.74, 6) is 2.71. The summed E-state index contributed by atoms with van der Waals surface area (Å²) in [6.45, 7) is 79.4. The van der Waals surface area contributed by atoms with Gasteiger partial charge in [-0.25, -0.2) is 9.59 Å². The first-order valence-corrected chi connectivity index (χ1v) is 32.5. The molecule has 6 unspecified atom stereocenters. The number of carbonyl (C=O) groups is 4. The van der Waals surface area contributed by atoms with Crippen LogP contribution in [0.3, 0.4) is 0 Å². The molecule has 7 aliphatic heterocycles. The second kappa shape index (κ2) is 34.8. The van der Waals surface area contributed by atoms with Crippen LogP contribution in [0.15, 0.2) is 48.3 Å². The predicted octanol–water partition coefficient (Wildman–Crippen LogP) is 16.0. The molecule has 0 aromatic heterocycles. The van der Waals surface area contributed by atoms with Crippen LogP contribution >= 0.6 is 0 Å². The van der Waals surface area contributed by atoms with E-state index in [4.69, 9.17) is 47.4 Å². The molecule has 6 atom stereocenters. The van der Waals surface area contributed by atoms with Gasteiger partial charge in [-0.05, 0) is 194 Å². The van der Waals surface area contributed by atoms with Crippen molar-refractivity contribution in [1.29, 1.82) is 0 Å². The maximum Gasteiger partial charge on any atom is 0.333 e. The molecule has 0 spiro atoms. The van der Waals surface area contributed by atoms with E-state index in [1.165, 1.54) is 30.4 Å². The number of rotatable bonds is 15. The molecule has 8 aliphatic rings. The maximum atomic E-state index is 11.4. The number of nitrogens with zero attached hydrogens (tertiary/aromatic N) is 1. The van der Waals surface area contributed by atoms with Gasteiger partial charge in [-0.1, -0.05) is 89.0 Å². The summed E-state index contributed by atoms with van der Waals surface area (Å²) in [5.41, 5.74) is 3.75. The Morgan fingerprint density at radius 3 is 1.29 bits per heavy atom. The lowest BCUT2D eigenvalue weighted by molar-refractivity contribution is -0.145. The minimum atomic E-state index is -0.315. The van der Waals surface area contributed by atoms with Crippen molar-refractivity contribution in [3.05, 3.63) is 48.3 Å². The van der Waals surface area contributed by atoms with Gasteiger partial charge in [0.25, 0.3) is 11.8 Å². The molecule has 508 valence electrons. The van der Waals surface area contributed by atoms with Crippen molar-refractivity contribution in [3.8, 4) is 0 Å². The Balaban J connectivity index is 0.000000962. The second-order valence-electron chi connectivity index (χ2n) is 30.3. The lowest BCUT2D eigenvalue weighted by Crippen LogP contribution is -2.44. The number of ether oxygens (including phenoxy) is 10. The molecule has 1 saturated carbocycles. The summed E-state index contributed by atoms with van der Waals surface area (Å²) in [4.78, 5) is 45.5. The summed E-state index contributed by atoms with van der Waals surface area (Å²) < 4.78 is 52.6. The molecule has 6 saturated heterocycles. The molecule has 8 rings (SSSR count). The van der Waals surface area contributed by atoms with Crippen LogP contribution in [0.25, 0.3) is 0 Å². The molecule has 0 bridgehead atoms. The maximum absolute atomic E-state index is 11.4. The van der Waals surface area contributed by atoms with Crippen LogP contribution < -0.4 is 0 Å². The van der Waals surface area contributed by atoms with E-state index in [9.17, 15) is 19.2 Å². The fraction of sp³-hybridized carbons (Fsp3) is 0.833. The number of cyclic esters (lactones) is 1. The first kappa shape index (κ1) is 83.6. The largest absolute Gasteiger partial charge is 0.499 e. The van der Waals surface area contributed by atoms with E-state index in [0.29, 0.717) is 70.2 Å². The number of carbonyl (C=O) groups excluding carboxylic acids is 4. The molecule has 15 nitrogen and oxygen atoms in total. The monoisotopic (exact) mass is 1230 g/mol. The minimum Gasteiger partial charge on any atom is -0.499 e. The molecule has 7 heterocycles. The molecule has 2 amide bonds. The molecular formula is C72H131NO14. The molecule has 1 aliphatic carbocycles. The molecule has 0 radical (unpaired) electrons. The number of hydrogen-bond donors (Lipinski definition) is 0. The van der Waals surface area contributed by atoms with Crippen LogP contribution in [-0.2, 0) is 66.5 Å². The Hall–Kier alpha value is -3.44. The highest BCUT2D eigenvalue weighted by molar-refractivity contribution is 6.18. The minimum absolute atomic E-state index is 0.0158. The third-order valence-corrected chi connectivity index (χ3v) is 18.1. The van der Waals surface area contributed by atoms with Crippen LogP contribution in [0.2, 0.25) is 0 Å². The van der Waals surface area contributed by atoms with Crippen molar-refractivity contribution < 1.29 is 66.5 Å². The summed E-state index contributed by atoms with van der Waals surface area (Å²) >= 11 is 0. The number of esters is 2. The van der Waals surface area contributed by atoms with Gasteiger partial charge in [0.1, 0.15) is 11.7 Å². The zero-order valence-corrected chi connectivity index (χ0v) is 61.3.